The molecule has 16 heteroatoms. The van der Waals surface area contributed by atoms with E-state index in [4.69, 9.17) is 24.2 Å². The van der Waals surface area contributed by atoms with Gasteiger partial charge in [0, 0.05) is 62.0 Å². The molecule has 5 N–H and O–H groups in total. The Bertz CT molecular complexity index is 2690. The zero-order valence-electron chi connectivity index (χ0n) is 39.1. The fourth-order valence-electron chi connectivity index (χ4n) is 12.9. The summed E-state index contributed by atoms with van der Waals surface area (Å²) >= 11 is 0. The molecule has 4 aliphatic heterocycles. The lowest BCUT2D eigenvalue weighted by Gasteiger charge is -2.36. The van der Waals surface area contributed by atoms with Crippen LogP contribution in [0.5, 0.6) is 0 Å². The molecule has 3 aromatic carbocycles. The molecule has 0 radical (unpaired) electrons. The van der Waals surface area contributed by atoms with E-state index in [2.05, 4.69) is 81.3 Å². The van der Waals surface area contributed by atoms with Gasteiger partial charge in [-0.2, -0.15) is 0 Å². The smallest absolute Gasteiger partial charge is 0.407 e. The highest BCUT2D eigenvalue weighted by Gasteiger charge is 2.52. The second-order valence-corrected chi connectivity index (χ2v) is 20.1. The lowest BCUT2D eigenvalue weighted by molar-refractivity contribution is -0.140. The summed E-state index contributed by atoms with van der Waals surface area (Å²) in [6.45, 7) is 2.17. The molecule has 2 aliphatic carbocycles. The van der Waals surface area contributed by atoms with Crippen molar-refractivity contribution >= 4 is 34.8 Å². The Balaban J connectivity index is 0.787. The van der Waals surface area contributed by atoms with Crippen molar-refractivity contribution in [1.29, 1.82) is 0 Å². The number of alkyl carbamates (subject to hydrolysis) is 1. The number of methoxy groups -OCH3 is 1. The first kappa shape index (κ1) is 45.2. The average molecular weight is 939 g/mol. The Morgan fingerprint density at radius 3 is 1.61 bits per heavy atom. The van der Waals surface area contributed by atoms with Gasteiger partial charge in [-0.15, -0.1) is 0 Å². The highest BCUT2D eigenvalue weighted by atomic mass is 16.5. The third-order valence-electron chi connectivity index (χ3n) is 16.4. The Morgan fingerprint density at radius 1 is 0.623 bits per heavy atom. The van der Waals surface area contributed by atoms with Crippen LogP contribution in [0.1, 0.15) is 101 Å². The van der Waals surface area contributed by atoms with Gasteiger partial charge in [-0.3, -0.25) is 9.59 Å². The zero-order chi connectivity index (χ0) is 47.2. The van der Waals surface area contributed by atoms with Gasteiger partial charge in [0.25, 0.3) is 0 Å². The van der Waals surface area contributed by atoms with E-state index in [1.165, 1.54) is 7.11 Å². The monoisotopic (exact) mass is 938 g/mol. The topological polar surface area (TPSA) is 204 Å². The van der Waals surface area contributed by atoms with Gasteiger partial charge >= 0.3 is 12.2 Å². The number of fused-ring (bicyclic) bond motifs is 3. The Morgan fingerprint density at radius 2 is 1.09 bits per heavy atom. The summed E-state index contributed by atoms with van der Waals surface area (Å²) in [7, 11) is 1.33. The van der Waals surface area contributed by atoms with Crippen LogP contribution >= 0.6 is 0 Å². The van der Waals surface area contributed by atoms with Crippen molar-refractivity contribution < 1.29 is 38.5 Å². The van der Waals surface area contributed by atoms with Crippen LogP contribution in [0, 0.1) is 23.7 Å². The third kappa shape index (κ3) is 8.86. The van der Waals surface area contributed by atoms with E-state index in [1.807, 2.05) is 22.2 Å². The van der Waals surface area contributed by atoms with E-state index >= 15 is 0 Å². The number of hydrogen-bond acceptors (Lipinski definition) is 9. The molecule has 2 unspecified atom stereocenters. The van der Waals surface area contributed by atoms with Gasteiger partial charge in [0.2, 0.25) is 11.8 Å². The van der Waals surface area contributed by atoms with E-state index in [-0.39, 0.29) is 47.8 Å². The van der Waals surface area contributed by atoms with Crippen LogP contribution in [0.15, 0.2) is 73.1 Å². The lowest BCUT2D eigenvalue weighted by atomic mass is 9.90. The van der Waals surface area contributed by atoms with Gasteiger partial charge in [-0.1, -0.05) is 61.4 Å². The van der Waals surface area contributed by atoms with Crippen LogP contribution in [0.25, 0.3) is 44.4 Å². The summed E-state index contributed by atoms with van der Waals surface area (Å²) in [4.78, 5) is 74.5. The second kappa shape index (κ2) is 19.3. The van der Waals surface area contributed by atoms with E-state index in [0.29, 0.717) is 63.9 Å². The standard InChI is InChI=1S/C53H62N8O8/c1-67-53(66)59-47(33-18-22-69-23-19-33)51(63)61-43-7-3-5-39(43)27-45(61)49-55-29-41(57-49)37-15-14-35-24-34(12-13-36(35)25-37)30-8-10-31(11-9-30)40-28-54-48(56-40)44-26-38-4-2-6-42(38)60(44)50(62)46(58-52(64)65)32-16-20-68-21-17-32/h8-15,24-25,28-29,32-33,38-39,42-47,58H,2-7,16-23,26-27H2,1H3,(H,54,56)(H,55,57)(H,59,66)(H,64,65)/t38-,39-,42-,43-,44-,45-,46?,47?/m0/s1. The summed E-state index contributed by atoms with van der Waals surface area (Å²) in [6.07, 6.45) is 12.5. The average Bonchev–Trinajstić information content (AvgIpc) is 4.25. The molecule has 16 nitrogen and oxygen atoms in total. The van der Waals surface area contributed by atoms with Gasteiger partial charge < -0.3 is 49.7 Å². The number of imidazole rings is 2. The van der Waals surface area contributed by atoms with Gasteiger partial charge in [0.15, 0.2) is 0 Å². The van der Waals surface area contributed by atoms with Crippen LogP contribution in [0.2, 0.25) is 0 Å². The molecule has 5 aromatic rings. The van der Waals surface area contributed by atoms with E-state index in [1.54, 1.807) is 0 Å². The maximum atomic E-state index is 14.6. The van der Waals surface area contributed by atoms with Crippen molar-refractivity contribution in [2.45, 2.75) is 113 Å². The van der Waals surface area contributed by atoms with Gasteiger partial charge in [0.1, 0.15) is 23.7 Å². The number of rotatable bonds is 11. The number of aromatic amines is 2. The van der Waals surface area contributed by atoms with Crippen molar-refractivity contribution in [3.63, 3.8) is 0 Å². The van der Waals surface area contributed by atoms with E-state index < -0.39 is 24.3 Å². The molecule has 2 saturated carbocycles. The van der Waals surface area contributed by atoms with E-state index in [0.717, 1.165) is 107 Å². The van der Waals surface area contributed by atoms with Crippen molar-refractivity contribution in [3.8, 4) is 33.6 Å². The maximum Gasteiger partial charge on any atom is 0.407 e. The lowest BCUT2D eigenvalue weighted by Crippen LogP contribution is -2.55. The van der Waals surface area contributed by atoms with Crippen molar-refractivity contribution in [2.75, 3.05) is 33.5 Å². The minimum absolute atomic E-state index is 0.0320. The SMILES string of the molecule is COC(=O)NC(C(=O)N1[C@H](c2nc(-c3ccc4cc(-c5ccc(-c6c[nH]c([C@@H]7C[C@@H]8CCC[C@@H]8N7C(=O)C(NC(=O)O)C7CCOCC7)n6)cc5)ccc4c3)c[nH]2)C[C@@H]2CCC[C@@H]21)C1CCOCC1. The molecule has 8 atom stereocenters. The molecule has 362 valence electrons. The number of hydrogen-bond donors (Lipinski definition) is 5. The normalized spacial score (nSPS) is 25.9. The van der Waals surface area contributed by atoms with Crippen LogP contribution in [0.4, 0.5) is 9.59 Å². The number of aromatic nitrogens is 4. The molecule has 0 bridgehead atoms. The van der Waals surface area contributed by atoms with E-state index in [9.17, 15) is 24.3 Å². The number of amides is 4. The minimum atomic E-state index is -1.18. The fraction of sp³-hybridized carbons (Fsp3) is 0.509. The molecule has 4 amide bonds. The number of likely N-dealkylation sites (tertiary alicyclic amines) is 2. The summed E-state index contributed by atoms with van der Waals surface area (Å²) in [6, 6.07) is 19.5. The van der Waals surface area contributed by atoms with Gasteiger partial charge in [0.05, 0.1) is 30.6 Å². The first-order valence-corrected chi connectivity index (χ1v) is 25.1. The molecule has 6 fully saturated rings. The van der Waals surface area contributed by atoms with Crippen molar-refractivity contribution in [3.05, 3.63) is 84.7 Å². The maximum absolute atomic E-state index is 14.6. The number of carboxylic acid groups (broad SMARTS) is 1. The first-order chi connectivity index (χ1) is 33.7. The quantitative estimate of drug-likeness (QED) is 0.0856. The highest BCUT2D eigenvalue weighted by Crippen LogP contribution is 2.49. The number of carbonyl (C=O) groups excluding carboxylic acids is 3. The highest BCUT2D eigenvalue weighted by molar-refractivity contribution is 5.91. The second-order valence-electron chi connectivity index (χ2n) is 20.1. The summed E-state index contributed by atoms with van der Waals surface area (Å²) < 4.78 is 16.1. The van der Waals surface area contributed by atoms with Crippen molar-refractivity contribution in [2.24, 2.45) is 23.7 Å². The number of carbonyl (C=O) groups is 4. The number of ether oxygens (including phenoxy) is 3. The predicted molar refractivity (Wildman–Crippen MR) is 257 cm³/mol. The molecular weight excluding hydrogens is 877 g/mol. The predicted octanol–water partition coefficient (Wildman–Crippen LogP) is 8.39. The van der Waals surface area contributed by atoms with Crippen LogP contribution in [-0.4, -0.2) is 117 Å². The van der Waals surface area contributed by atoms with Crippen LogP contribution in [-0.2, 0) is 23.8 Å². The molecule has 6 heterocycles. The Labute approximate surface area is 401 Å². The summed E-state index contributed by atoms with van der Waals surface area (Å²) in [5.41, 5.74) is 5.71. The molecule has 2 aromatic heterocycles. The zero-order valence-corrected chi connectivity index (χ0v) is 39.1. The Hall–Kier alpha value is -6.26. The first-order valence-electron chi connectivity index (χ1n) is 25.1. The molecule has 69 heavy (non-hydrogen) atoms. The minimum Gasteiger partial charge on any atom is -0.465 e. The fourth-order valence-corrected chi connectivity index (χ4v) is 12.9. The molecule has 6 aliphatic rings. The number of H-pyrrole nitrogens is 2. The molecular formula is C53H62N8O8. The molecule has 0 spiro atoms. The largest absolute Gasteiger partial charge is 0.465 e. The Kier molecular flexibility index (Phi) is 12.6. The molecule has 4 saturated heterocycles. The number of nitrogens with one attached hydrogen (secondary N) is 4. The third-order valence-corrected chi connectivity index (χ3v) is 16.4. The summed E-state index contributed by atoms with van der Waals surface area (Å²) in [5, 5.41) is 17.4. The molecule has 11 rings (SSSR count). The van der Waals surface area contributed by atoms with Crippen molar-refractivity contribution in [1.82, 2.24) is 40.4 Å². The summed E-state index contributed by atoms with van der Waals surface area (Å²) in [5.74, 6) is 1.91. The number of nitrogens with zero attached hydrogens (tertiary/aromatic N) is 4. The van der Waals surface area contributed by atoms with Crippen LogP contribution in [0.3, 0.4) is 0 Å². The van der Waals surface area contributed by atoms with Gasteiger partial charge in [-0.05, 0) is 122 Å². The van der Waals surface area contributed by atoms with Gasteiger partial charge in [-0.25, -0.2) is 19.6 Å². The number of benzene rings is 3. The van der Waals surface area contributed by atoms with Crippen LogP contribution < -0.4 is 10.6 Å².